The van der Waals surface area contributed by atoms with Gasteiger partial charge >= 0.3 is 12.0 Å². The van der Waals surface area contributed by atoms with E-state index in [0.717, 1.165) is 24.8 Å². The van der Waals surface area contributed by atoms with Crippen LogP contribution in [0.1, 0.15) is 58.4 Å². The van der Waals surface area contributed by atoms with Gasteiger partial charge in [-0.15, -0.1) is 0 Å². The molecule has 0 spiro atoms. The molecule has 0 bridgehead atoms. The quantitative estimate of drug-likeness (QED) is 0.278. The standard InChI is InChI=1S/C26H34Cl2N2O4/c1-4-5-6-7-8-17-30(25(33)29-22-11-9-10-21(27)23(22)28)18-16-19-12-14-20(15-13-19)34-26(2,3)24(31)32/h9-15H,4-8,16-18H2,1-3H3,(H,29,33)(H,31,32). The molecule has 2 amide bonds. The second-order valence-electron chi connectivity index (χ2n) is 8.74. The molecule has 0 aromatic heterocycles. The molecule has 2 N–H and O–H groups in total. The fraction of sp³-hybridized carbons (Fsp3) is 0.462. The number of anilines is 1. The minimum absolute atomic E-state index is 0.220. The number of ether oxygens (including phenoxy) is 1. The number of carbonyl (C=O) groups is 2. The fourth-order valence-corrected chi connectivity index (χ4v) is 3.69. The molecular formula is C26H34Cl2N2O4. The molecule has 34 heavy (non-hydrogen) atoms. The van der Waals surface area contributed by atoms with Gasteiger partial charge in [0.25, 0.3) is 0 Å². The molecule has 0 radical (unpaired) electrons. The van der Waals surface area contributed by atoms with E-state index < -0.39 is 11.6 Å². The maximum Gasteiger partial charge on any atom is 0.347 e. The largest absolute Gasteiger partial charge is 0.478 e. The molecule has 0 unspecified atom stereocenters. The van der Waals surface area contributed by atoms with Crippen LogP contribution in [0.2, 0.25) is 10.0 Å². The maximum atomic E-state index is 13.0. The van der Waals surface area contributed by atoms with Gasteiger partial charge in [-0.3, -0.25) is 0 Å². The lowest BCUT2D eigenvalue weighted by Gasteiger charge is -2.24. The first kappa shape index (κ1) is 27.8. The minimum Gasteiger partial charge on any atom is -0.478 e. The van der Waals surface area contributed by atoms with Crippen LogP contribution in [0.4, 0.5) is 10.5 Å². The lowest BCUT2D eigenvalue weighted by Crippen LogP contribution is -2.38. The number of aliphatic carboxylic acids is 1. The van der Waals surface area contributed by atoms with Crippen LogP contribution in [0.25, 0.3) is 0 Å². The summed E-state index contributed by atoms with van der Waals surface area (Å²) in [5, 5.41) is 12.8. The van der Waals surface area contributed by atoms with E-state index in [2.05, 4.69) is 12.2 Å². The van der Waals surface area contributed by atoms with E-state index >= 15 is 0 Å². The average Bonchev–Trinajstić information content (AvgIpc) is 2.79. The highest BCUT2D eigenvalue weighted by molar-refractivity contribution is 6.43. The van der Waals surface area contributed by atoms with Crippen LogP contribution >= 0.6 is 23.2 Å². The molecule has 0 aliphatic carbocycles. The molecule has 186 valence electrons. The summed E-state index contributed by atoms with van der Waals surface area (Å²) in [6.45, 7) is 6.35. The summed E-state index contributed by atoms with van der Waals surface area (Å²) in [6.07, 6.45) is 6.15. The SMILES string of the molecule is CCCCCCCN(CCc1ccc(OC(C)(C)C(=O)O)cc1)C(=O)Nc1cccc(Cl)c1Cl. The third kappa shape index (κ3) is 8.73. The highest BCUT2D eigenvalue weighted by Crippen LogP contribution is 2.29. The Kier molecular flexibility index (Phi) is 11.0. The van der Waals surface area contributed by atoms with Gasteiger partial charge < -0.3 is 20.1 Å². The first-order valence-electron chi connectivity index (χ1n) is 11.7. The van der Waals surface area contributed by atoms with Crippen molar-refractivity contribution in [2.24, 2.45) is 0 Å². The van der Waals surface area contributed by atoms with Crippen LogP contribution in [0.3, 0.4) is 0 Å². The zero-order chi connectivity index (χ0) is 25.1. The number of amides is 2. The molecule has 0 atom stereocenters. The molecule has 8 heteroatoms. The van der Waals surface area contributed by atoms with Gasteiger partial charge in [0.1, 0.15) is 5.75 Å². The minimum atomic E-state index is -1.31. The second-order valence-corrected chi connectivity index (χ2v) is 9.53. The number of carbonyl (C=O) groups excluding carboxylic acids is 1. The van der Waals surface area contributed by atoms with Gasteiger partial charge in [-0.05, 0) is 56.5 Å². The zero-order valence-corrected chi connectivity index (χ0v) is 21.6. The lowest BCUT2D eigenvalue weighted by molar-refractivity contribution is -0.152. The summed E-state index contributed by atoms with van der Waals surface area (Å²) in [5.74, 6) is -0.547. The highest BCUT2D eigenvalue weighted by Gasteiger charge is 2.29. The molecule has 2 aromatic carbocycles. The number of carboxylic acids is 1. The summed E-state index contributed by atoms with van der Waals surface area (Å²) in [5.41, 5.74) is 0.193. The van der Waals surface area contributed by atoms with Gasteiger partial charge in [0.15, 0.2) is 5.60 Å². The molecule has 0 fully saturated rings. The molecule has 0 saturated heterocycles. The van der Waals surface area contributed by atoms with Crippen LogP contribution in [0, 0.1) is 0 Å². The van der Waals surface area contributed by atoms with Gasteiger partial charge in [-0.1, -0.05) is 74.0 Å². The Morgan fingerprint density at radius 1 is 1.00 bits per heavy atom. The van der Waals surface area contributed by atoms with E-state index in [1.807, 2.05) is 12.1 Å². The van der Waals surface area contributed by atoms with Gasteiger partial charge in [0.2, 0.25) is 0 Å². The fourth-order valence-electron chi connectivity index (χ4n) is 3.34. The highest BCUT2D eigenvalue weighted by atomic mass is 35.5. The number of urea groups is 1. The van der Waals surface area contributed by atoms with Gasteiger partial charge in [0, 0.05) is 13.1 Å². The van der Waals surface area contributed by atoms with Gasteiger partial charge in [-0.2, -0.15) is 0 Å². The van der Waals surface area contributed by atoms with Crippen molar-refractivity contribution in [3.63, 3.8) is 0 Å². The summed E-state index contributed by atoms with van der Waals surface area (Å²) in [7, 11) is 0. The summed E-state index contributed by atoms with van der Waals surface area (Å²) < 4.78 is 5.56. The van der Waals surface area contributed by atoms with Crippen LogP contribution in [-0.2, 0) is 11.2 Å². The first-order valence-corrected chi connectivity index (χ1v) is 12.4. The number of carboxylic acid groups (broad SMARTS) is 1. The van der Waals surface area contributed by atoms with Crippen molar-refractivity contribution in [3.8, 4) is 5.75 Å². The van der Waals surface area contributed by atoms with E-state index in [-0.39, 0.29) is 6.03 Å². The van der Waals surface area contributed by atoms with Crippen molar-refractivity contribution in [2.75, 3.05) is 18.4 Å². The Morgan fingerprint density at radius 3 is 2.32 bits per heavy atom. The number of hydrogen-bond donors (Lipinski definition) is 2. The van der Waals surface area contributed by atoms with Crippen molar-refractivity contribution in [1.82, 2.24) is 4.90 Å². The van der Waals surface area contributed by atoms with Crippen molar-refractivity contribution < 1.29 is 19.4 Å². The number of nitrogens with one attached hydrogen (secondary N) is 1. The number of halogens is 2. The number of rotatable bonds is 13. The Morgan fingerprint density at radius 2 is 1.68 bits per heavy atom. The van der Waals surface area contributed by atoms with E-state index in [0.29, 0.717) is 41.0 Å². The molecule has 6 nitrogen and oxygen atoms in total. The van der Waals surface area contributed by atoms with Crippen molar-refractivity contribution in [1.29, 1.82) is 0 Å². The van der Waals surface area contributed by atoms with E-state index in [1.165, 1.54) is 26.7 Å². The summed E-state index contributed by atoms with van der Waals surface area (Å²) in [6, 6.07) is 12.2. The summed E-state index contributed by atoms with van der Waals surface area (Å²) in [4.78, 5) is 26.1. The van der Waals surface area contributed by atoms with Crippen LogP contribution in [0.5, 0.6) is 5.75 Å². The smallest absolute Gasteiger partial charge is 0.347 e. The number of benzene rings is 2. The normalized spacial score (nSPS) is 11.2. The molecule has 2 rings (SSSR count). The second kappa shape index (κ2) is 13.4. The number of nitrogens with zero attached hydrogens (tertiary/aromatic N) is 1. The lowest BCUT2D eigenvalue weighted by atomic mass is 10.1. The monoisotopic (exact) mass is 508 g/mol. The third-order valence-electron chi connectivity index (χ3n) is 5.49. The third-order valence-corrected chi connectivity index (χ3v) is 6.31. The number of unbranched alkanes of at least 4 members (excludes halogenated alkanes) is 4. The van der Waals surface area contributed by atoms with Crippen molar-refractivity contribution in [2.45, 2.75) is 64.9 Å². The van der Waals surface area contributed by atoms with Crippen LogP contribution < -0.4 is 10.1 Å². The predicted molar refractivity (Wildman–Crippen MR) is 138 cm³/mol. The Labute approximate surface area is 212 Å². The molecule has 0 saturated carbocycles. The first-order chi connectivity index (χ1) is 16.1. The van der Waals surface area contributed by atoms with Crippen LogP contribution in [0.15, 0.2) is 42.5 Å². The van der Waals surface area contributed by atoms with E-state index in [1.54, 1.807) is 35.2 Å². The van der Waals surface area contributed by atoms with Gasteiger partial charge in [0.05, 0.1) is 15.7 Å². The number of hydrogen-bond acceptors (Lipinski definition) is 3. The summed E-state index contributed by atoms with van der Waals surface area (Å²) >= 11 is 12.3. The predicted octanol–water partition coefficient (Wildman–Crippen LogP) is 7.28. The molecule has 0 aliphatic heterocycles. The average molecular weight is 509 g/mol. The van der Waals surface area contributed by atoms with Crippen LogP contribution in [-0.4, -0.2) is 40.7 Å². The van der Waals surface area contributed by atoms with E-state index in [9.17, 15) is 14.7 Å². The zero-order valence-electron chi connectivity index (χ0n) is 20.1. The molecular weight excluding hydrogens is 475 g/mol. The Hall–Kier alpha value is -2.44. The van der Waals surface area contributed by atoms with Gasteiger partial charge in [-0.25, -0.2) is 9.59 Å². The molecule has 2 aromatic rings. The Balaban J connectivity index is 2.02. The molecule has 0 heterocycles. The topological polar surface area (TPSA) is 78.9 Å². The van der Waals surface area contributed by atoms with Crippen molar-refractivity contribution >= 4 is 40.9 Å². The maximum absolute atomic E-state index is 13.0. The molecule has 0 aliphatic rings. The Bertz CT molecular complexity index is 948. The van der Waals surface area contributed by atoms with E-state index in [4.69, 9.17) is 27.9 Å². The van der Waals surface area contributed by atoms with Crippen molar-refractivity contribution in [3.05, 3.63) is 58.1 Å².